The van der Waals surface area contributed by atoms with Crippen LogP contribution < -0.4 is 11.5 Å². The molecular formula is C9H12N4. The Morgan fingerprint density at radius 2 is 1.77 bits per heavy atom. The van der Waals surface area contributed by atoms with Crippen molar-refractivity contribution in [2.75, 3.05) is 11.5 Å². The van der Waals surface area contributed by atoms with Gasteiger partial charge in [-0.15, -0.1) is 0 Å². The smallest absolute Gasteiger partial charge is 0.102 e. The van der Waals surface area contributed by atoms with Crippen LogP contribution in [0.4, 0.5) is 11.5 Å². The minimum Gasteiger partial charge on any atom is -0.397 e. The second kappa shape index (κ2) is 4.82. The lowest BCUT2D eigenvalue weighted by molar-refractivity contribution is 1.33. The van der Waals surface area contributed by atoms with Gasteiger partial charge in [-0.05, 0) is 12.1 Å². The lowest BCUT2D eigenvalue weighted by Gasteiger charge is -1.73. The van der Waals surface area contributed by atoms with Gasteiger partial charge in [-0.25, -0.2) is 0 Å². The van der Waals surface area contributed by atoms with Gasteiger partial charge in [-0.3, -0.25) is 4.98 Å². The van der Waals surface area contributed by atoms with Crippen molar-refractivity contribution < 1.29 is 0 Å². The molecule has 0 aromatic carbocycles. The number of rotatable bonds is 0. The molecule has 0 fully saturated rings. The van der Waals surface area contributed by atoms with E-state index in [-0.39, 0.29) is 0 Å². The highest BCUT2D eigenvalue weighted by molar-refractivity contribution is 5.46. The molecule has 0 saturated carbocycles. The Morgan fingerprint density at radius 1 is 1.08 bits per heavy atom. The summed E-state index contributed by atoms with van der Waals surface area (Å²) in [7, 11) is 0. The van der Waals surface area contributed by atoms with Gasteiger partial charge in [0.2, 0.25) is 0 Å². The first-order valence-electron chi connectivity index (χ1n) is 3.83. The number of aromatic amines is 1. The first-order valence-corrected chi connectivity index (χ1v) is 3.83. The molecule has 0 saturated heterocycles. The van der Waals surface area contributed by atoms with Crippen molar-refractivity contribution in [1.82, 2.24) is 9.97 Å². The number of hydrogen-bond donors (Lipinski definition) is 3. The van der Waals surface area contributed by atoms with Gasteiger partial charge in [0.25, 0.3) is 0 Å². The van der Waals surface area contributed by atoms with Crippen molar-refractivity contribution in [3.63, 3.8) is 0 Å². The van der Waals surface area contributed by atoms with Crippen molar-refractivity contribution in [1.29, 1.82) is 0 Å². The summed E-state index contributed by atoms with van der Waals surface area (Å²) in [6, 6.07) is 7.38. The molecule has 0 atom stereocenters. The van der Waals surface area contributed by atoms with Crippen molar-refractivity contribution in [2.24, 2.45) is 0 Å². The van der Waals surface area contributed by atoms with E-state index < -0.39 is 0 Å². The number of aromatic nitrogens is 2. The summed E-state index contributed by atoms with van der Waals surface area (Å²) in [5.41, 5.74) is 11.2. The van der Waals surface area contributed by atoms with Gasteiger partial charge in [0, 0.05) is 24.7 Å². The number of nitrogens with two attached hydrogens (primary N) is 2. The number of nitrogen functional groups attached to an aromatic ring is 2. The molecular weight excluding hydrogens is 164 g/mol. The predicted molar refractivity (Wildman–Crippen MR) is 53.9 cm³/mol. The number of pyridine rings is 1. The molecule has 0 aliphatic rings. The monoisotopic (exact) mass is 176 g/mol. The van der Waals surface area contributed by atoms with E-state index in [0.29, 0.717) is 11.5 Å². The molecule has 0 amide bonds. The van der Waals surface area contributed by atoms with E-state index in [1.165, 1.54) is 0 Å². The Bertz CT molecular complexity index is 285. The lowest BCUT2D eigenvalue weighted by Crippen LogP contribution is -1.80. The molecule has 13 heavy (non-hydrogen) atoms. The summed E-state index contributed by atoms with van der Waals surface area (Å²) in [4.78, 5) is 6.51. The molecule has 0 radical (unpaired) electrons. The van der Waals surface area contributed by atoms with Crippen LogP contribution in [-0.2, 0) is 0 Å². The summed E-state index contributed by atoms with van der Waals surface area (Å²) in [6.07, 6.45) is 5.15. The van der Waals surface area contributed by atoms with Crippen LogP contribution in [-0.4, -0.2) is 9.97 Å². The zero-order valence-electron chi connectivity index (χ0n) is 7.14. The molecule has 0 aliphatic carbocycles. The summed E-state index contributed by atoms with van der Waals surface area (Å²) in [6.45, 7) is 0. The van der Waals surface area contributed by atoms with E-state index in [1.807, 2.05) is 18.2 Å². The van der Waals surface area contributed by atoms with Gasteiger partial charge in [0.05, 0.1) is 5.69 Å². The van der Waals surface area contributed by atoms with Crippen molar-refractivity contribution >= 4 is 11.5 Å². The third-order valence-corrected chi connectivity index (χ3v) is 1.29. The Labute approximate surface area is 76.6 Å². The zero-order valence-corrected chi connectivity index (χ0v) is 7.14. The average molecular weight is 176 g/mol. The Hall–Kier alpha value is -1.97. The minimum atomic E-state index is 0.609. The highest BCUT2D eigenvalue weighted by Gasteiger charge is 1.83. The van der Waals surface area contributed by atoms with Crippen LogP contribution in [0.2, 0.25) is 0 Å². The molecule has 2 rings (SSSR count). The molecule has 4 heteroatoms. The molecule has 2 aromatic rings. The highest BCUT2D eigenvalue weighted by Crippen LogP contribution is 2.03. The quantitative estimate of drug-likeness (QED) is 0.565. The third kappa shape index (κ3) is 3.81. The maximum absolute atomic E-state index is 5.27. The third-order valence-electron chi connectivity index (χ3n) is 1.29. The number of nitrogens with zero attached hydrogens (tertiary/aromatic N) is 1. The van der Waals surface area contributed by atoms with Crippen molar-refractivity contribution in [3.05, 3.63) is 42.9 Å². The molecule has 5 N–H and O–H groups in total. The van der Waals surface area contributed by atoms with Crippen LogP contribution in [0.15, 0.2) is 42.9 Å². The fourth-order valence-corrected chi connectivity index (χ4v) is 0.742. The fourth-order valence-electron chi connectivity index (χ4n) is 0.742. The van der Waals surface area contributed by atoms with Crippen LogP contribution in [0, 0.1) is 0 Å². The lowest BCUT2D eigenvalue weighted by atomic mass is 10.5. The number of anilines is 2. The fraction of sp³-hybridized carbons (Fsp3) is 0. The van der Waals surface area contributed by atoms with E-state index in [9.17, 15) is 0 Å². The summed E-state index contributed by atoms with van der Waals surface area (Å²) < 4.78 is 0. The summed E-state index contributed by atoms with van der Waals surface area (Å²) in [5, 5.41) is 0. The number of nitrogens with one attached hydrogen (secondary N) is 1. The van der Waals surface area contributed by atoms with Gasteiger partial charge < -0.3 is 16.5 Å². The van der Waals surface area contributed by atoms with Crippen LogP contribution in [0.3, 0.4) is 0 Å². The summed E-state index contributed by atoms with van der Waals surface area (Å²) >= 11 is 0. The van der Waals surface area contributed by atoms with E-state index in [2.05, 4.69) is 9.97 Å². The van der Waals surface area contributed by atoms with Crippen LogP contribution in [0.5, 0.6) is 0 Å². The topological polar surface area (TPSA) is 80.7 Å². The van der Waals surface area contributed by atoms with Crippen LogP contribution in [0.25, 0.3) is 0 Å². The Balaban J connectivity index is 0.000000132. The predicted octanol–water partition coefficient (Wildman–Crippen LogP) is 1.26. The molecule has 2 aromatic heterocycles. The van der Waals surface area contributed by atoms with E-state index in [0.717, 1.165) is 0 Å². The largest absolute Gasteiger partial charge is 0.397 e. The number of hydrogen-bond acceptors (Lipinski definition) is 3. The van der Waals surface area contributed by atoms with E-state index in [1.54, 1.807) is 24.7 Å². The SMILES string of the molecule is Nc1c[nH]c(N)c1.c1ccncc1. The van der Waals surface area contributed by atoms with Gasteiger partial charge in [-0.2, -0.15) is 0 Å². The normalized spacial score (nSPS) is 8.62. The Kier molecular flexibility index (Phi) is 3.38. The second-order valence-electron chi connectivity index (χ2n) is 2.41. The zero-order chi connectivity index (χ0) is 9.52. The minimum absolute atomic E-state index is 0.609. The van der Waals surface area contributed by atoms with Gasteiger partial charge in [-0.1, -0.05) is 6.07 Å². The molecule has 68 valence electrons. The molecule has 0 bridgehead atoms. The maximum atomic E-state index is 5.27. The van der Waals surface area contributed by atoms with Crippen LogP contribution in [0.1, 0.15) is 0 Å². The van der Waals surface area contributed by atoms with Crippen molar-refractivity contribution in [2.45, 2.75) is 0 Å². The Morgan fingerprint density at radius 3 is 1.92 bits per heavy atom. The average Bonchev–Trinajstić information content (AvgIpc) is 2.54. The van der Waals surface area contributed by atoms with Gasteiger partial charge >= 0.3 is 0 Å². The number of H-pyrrole nitrogens is 1. The van der Waals surface area contributed by atoms with Crippen LogP contribution >= 0.6 is 0 Å². The first-order chi connectivity index (χ1) is 6.29. The first kappa shape index (κ1) is 9.12. The van der Waals surface area contributed by atoms with E-state index >= 15 is 0 Å². The molecule has 0 unspecified atom stereocenters. The van der Waals surface area contributed by atoms with Crippen molar-refractivity contribution in [3.8, 4) is 0 Å². The van der Waals surface area contributed by atoms with Gasteiger partial charge in [0.1, 0.15) is 5.82 Å². The van der Waals surface area contributed by atoms with E-state index in [4.69, 9.17) is 11.5 Å². The highest BCUT2D eigenvalue weighted by atomic mass is 14.8. The molecule has 0 spiro atoms. The molecule has 0 aliphatic heterocycles. The molecule has 4 nitrogen and oxygen atoms in total. The molecule has 2 heterocycles. The standard InChI is InChI=1S/C5H5N.C4H7N3/c1-2-4-6-5-3-1;5-3-1-4(6)7-2-3/h1-5H;1-2,7H,5-6H2. The maximum Gasteiger partial charge on any atom is 0.102 e. The summed E-state index contributed by atoms with van der Waals surface area (Å²) in [5.74, 6) is 0.609. The van der Waals surface area contributed by atoms with Gasteiger partial charge in [0.15, 0.2) is 0 Å². The second-order valence-corrected chi connectivity index (χ2v) is 2.41.